The minimum atomic E-state index is -0.160. The molecule has 0 spiro atoms. The van der Waals surface area contributed by atoms with Crippen molar-refractivity contribution in [2.24, 2.45) is 5.73 Å². The smallest absolute Gasteiger partial charge is 0.252 e. The molecule has 0 aromatic carbocycles. The molecule has 3 N–H and O–H groups in total. The van der Waals surface area contributed by atoms with Crippen molar-refractivity contribution >= 4 is 5.91 Å². The van der Waals surface area contributed by atoms with Gasteiger partial charge in [0.15, 0.2) is 0 Å². The average molecular weight is 261 g/mol. The molecule has 5 nitrogen and oxygen atoms in total. The first-order valence-corrected chi connectivity index (χ1v) is 6.11. The van der Waals surface area contributed by atoms with Gasteiger partial charge in [-0.1, -0.05) is 11.8 Å². The highest BCUT2D eigenvalue weighted by molar-refractivity contribution is 5.96. The van der Waals surface area contributed by atoms with Crippen molar-refractivity contribution in [1.82, 2.24) is 10.3 Å². The number of rotatable bonds is 5. The number of ether oxygens (including phenoxy) is 1. The number of nitrogens with zero attached hydrogens (tertiary/aromatic N) is 1. The second-order valence-electron chi connectivity index (χ2n) is 4.08. The third-order valence-corrected chi connectivity index (χ3v) is 2.52. The summed E-state index contributed by atoms with van der Waals surface area (Å²) in [4.78, 5) is 16.1. The van der Waals surface area contributed by atoms with E-state index in [1.165, 1.54) is 0 Å². The van der Waals surface area contributed by atoms with Crippen LogP contribution in [0.25, 0.3) is 0 Å². The van der Waals surface area contributed by atoms with Crippen LogP contribution in [-0.2, 0) is 4.74 Å². The molecule has 5 heteroatoms. The molecule has 0 fully saturated rings. The Balaban J connectivity index is 2.76. The quantitative estimate of drug-likeness (QED) is 0.759. The fourth-order valence-electron chi connectivity index (χ4n) is 1.51. The molecule has 0 saturated heterocycles. The molecule has 1 rings (SSSR count). The summed E-state index contributed by atoms with van der Waals surface area (Å²) < 4.78 is 4.98. The molecular weight excluding hydrogens is 242 g/mol. The van der Waals surface area contributed by atoms with Crippen LogP contribution in [0, 0.1) is 11.8 Å². The van der Waals surface area contributed by atoms with Crippen molar-refractivity contribution in [2.75, 3.05) is 20.3 Å². The van der Waals surface area contributed by atoms with Crippen LogP contribution in [0.4, 0.5) is 0 Å². The van der Waals surface area contributed by atoms with Gasteiger partial charge in [-0.2, -0.15) is 0 Å². The van der Waals surface area contributed by atoms with Crippen LogP contribution < -0.4 is 11.1 Å². The SMILES string of the molecule is COCCC(C)NC(=O)c1ccncc1C#CCN. The molecule has 0 saturated carbocycles. The van der Waals surface area contributed by atoms with Gasteiger partial charge in [-0.15, -0.1) is 0 Å². The Bertz CT molecular complexity index is 477. The number of hydrogen-bond donors (Lipinski definition) is 2. The van der Waals surface area contributed by atoms with E-state index < -0.39 is 0 Å². The predicted molar refractivity (Wildman–Crippen MR) is 73.6 cm³/mol. The molecule has 1 heterocycles. The fourth-order valence-corrected chi connectivity index (χ4v) is 1.51. The van der Waals surface area contributed by atoms with Gasteiger partial charge in [0, 0.05) is 32.2 Å². The Hall–Kier alpha value is -1.90. The first-order chi connectivity index (χ1) is 9.19. The zero-order chi connectivity index (χ0) is 14.1. The van der Waals surface area contributed by atoms with Crippen LogP contribution in [0.1, 0.15) is 29.3 Å². The van der Waals surface area contributed by atoms with Crippen molar-refractivity contribution in [1.29, 1.82) is 0 Å². The van der Waals surface area contributed by atoms with Crippen molar-refractivity contribution < 1.29 is 9.53 Å². The maximum absolute atomic E-state index is 12.1. The van der Waals surface area contributed by atoms with E-state index in [1.807, 2.05) is 6.92 Å². The second kappa shape index (κ2) is 8.25. The maximum atomic E-state index is 12.1. The summed E-state index contributed by atoms with van der Waals surface area (Å²) in [5.41, 5.74) is 6.43. The predicted octanol–water partition coefficient (Wildman–Crippen LogP) is 0.547. The van der Waals surface area contributed by atoms with Crippen LogP contribution in [0.15, 0.2) is 18.5 Å². The lowest BCUT2D eigenvalue weighted by Crippen LogP contribution is -2.33. The maximum Gasteiger partial charge on any atom is 0.252 e. The summed E-state index contributed by atoms with van der Waals surface area (Å²) in [5.74, 6) is 5.41. The lowest BCUT2D eigenvalue weighted by Gasteiger charge is -2.13. The molecule has 1 amide bonds. The van der Waals surface area contributed by atoms with Gasteiger partial charge in [-0.05, 0) is 19.4 Å². The largest absolute Gasteiger partial charge is 0.385 e. The minimum Gasteiger partial charge on any atom is -0.385 e. The summed E-state index contributed by atoms with van der Waals surface area (Å²) in [6, 6.07) is 1.69. The van der Waals surface area contributed by atoms with Crippen LogP contribution >= 0.6 is 0 Å². The van der Waals surface area contributed by atoms with E-state index in [2.05, 4.69) is 22.1 Å². The number of methoxy groups -OCH3 is 1. The summed E-state index contributed by atoms with van der Waals surface area (Å²) in [6.07, 6.45) is 3.90. The first kappa shape index (κ1) is 15.2. The van der Waals surface area contributed by atoms with Gasteiger partial charge in [0.2, 0.25) is 0 Å². The Kier molecular flexibility index (Phi) is 6.58. The van der Waals surface area contributed by atoms with Gasteiger partial charge in [-0.3, -0.25) is 9.78 Å². The number of nitrogens with two attached hydrogens (primary N) is 1. The number of nitrogens with one attached hydrogen (secondary N) is 1. The number of amides is 1. The molecule has 0 aliphatic rings. The molecule has 1 aromatic heterocycles. The van der Waals surface area contributed by atoms with Gasteiger partial charge in [0.1, 0.15) is 0 Å². The van der Waals surface area contributed by atoms with Gasteiger partial charge >= 0.3 is 0 Å². The molecule has 102 valence electrons. The Labute approximate surface area is 113 Å². The lowest BCUT2D eigenvalue weighted by molar-refractivity contribution is 0.0929. The Morgan fingerprint density at radius 2 is 2.42 bits per heavy atom. The summed E-state index contributed by atoms with van der Waals surface area (Å²) >= 11 is 0. The standard InChI is InChI=1S/C14H19N3O2/c1-11(6-9-19-2)17-14(18)13-5-8-16-10-12(13)4-3-7-15/h5,8,10-11H,6-7,9,15H2,1-2H3,(H,17,18). The van der Waals surface area contributed by atoms with Crippen LogP contribution in [0.5, 0.6) is 0 Å². The van der Waals surface area contributed by atoms with E-state index in [9.17, 15) is 4.79 Å². The van der Waals surface area contributed by atoms with E-state index in [0.717, 1.165) is 6.42 Å². The third-order valence-electron chi connectivity index (χ3n) is 2.52. The molecule has 19 heavy (non-hydrogen) atoms. The number of hydrogen-bond acceptors (Lipinski definition) is 4. The lowest BCUT2D eigenvalue weighted by atomic mass is 10.1. The monoisotopic (exact) mass is 261 g/mol. The molecular formula is C14H19N3O2. The molecule has 1 atom stereocenters. The number of carbonyl (C=O) groups excluding carboxylic acids is 1. The summed E-state index contributed by atoms with van der Waals surface area (Å²) in [7, 11) is 1.64. The molecule has 0 radical (unpaired) electrons. The molecule has 0 aliphatic heterocycles. The summed E-state index contributed by atoms with van der Waals surface area (Å²) in [6.45, 7) is 2.79. The third kappa shape index (κ3) is 5.08. The van der Waals surface area contributed by atoms with Crippen molar-refractivity contribution in [3.05, 3.63) is 29.6 Å². The van der Waals surface area contributed by atoms with E-state index >= 15 is 0 Å². The average Bonchev–Trinajstić information content (AvgIpc) is 2.43. The van der Waals surface area contributed by atoms with Crippen LogP contribution in [-0.4, -0.2) is 37.2 Å². The first-order valence-electron chi connectivity index (χ1n) is 6.11. The Morgan fingerprint density at radius 3 is 3.11 bits per heavy atom. The highest BCUT2D eigenvalue weighted by Gasteiger charge is 2.12. The zero-order valence-electron chi connectivity index (χ0n) is 11.3. The van der Waals surface area contributed by atoms with Crippen LogP contribution in [0.3, 0.4) is 0 Å². The highest BCUT2D eigenvalue weighted by atomic mass is 16.5. The van der Waals surface area contributed by atoms with Crippen molar-refractivity contribution in [2.45, 2.75) is 19.4 Å². The molecule has 1 aromatic rings. The second-order valence-corrected chi connectivity index (χ2v) is 4.08. The molecule has 0 bridgehead atoms. The van der Waals surface area contributed by atoms with Gasteiger partial charge in [-0.25, -0.2) is 0 Å². The van der Waals surface area contributed by atoms with E-state index in [0.29, 0.717) is 17.7 Å². The number of carbonyl (C=O) groups is 1. The van der Waals surface area contributed by atoms with Gasteiger partial charge in [0.05, 0.1) is 17.7 Å². The van der Waals surface area contributed by atoms with E-state index in [-0.39, 0.29) is 18.5 Å². The number of aromatic nitrogens is 1. The van der Waals surface area contributed by atoms with Crippen LogP contribution in [0.2, 0.25) is 0 Å². The fraction of sp³-hybridized carbons (Fsp3) is 0.429. The Morgan fingerprint density at radius 1 is 1.63 bits per heavy atom. The van der Waals surface area contributed by atoms with Crippen molar-refractivity contribution in [3.8, 4) is 11.8 Å². The van der Waals surface area contributed by atoms with Gasteiger partial charge in [0.25, 0.3) is 5.91 Å². The topological polar surface area (TPSA) is 77.2 Å². The molecule has 1 unspecified atom stereocenters. The van der Waals surface area contributed by atoms with E-state index in [1.54, 1.807) is 25.6 Å². The minimum absolute atomic E-state index is 0.0379. The normalized spacial score (nSPS) is 11.3. The molecule has 0 aliphatic carbocycles. The van der Waals surface area contributed by atoms with E-state index in [4.69, 9.17) is 10.5 Å². The summed E-state index contributed by atoms with van der Waals surface area (Å²) in [5, 5.41) is 2.90. The van der Waals surface area contributed by atoms with Gasteiger partial charge < -0.3 is 15.8 Å². The van der Waals surface area contributed by atoms with Crippen molar-refractivity contribution in [3.63, 3.8) is 0 Å². The zero-order valence-corrected chi connectivity index (χ0v) is 11.3. The highest BCUT2D eigenvalue weighted by Crippen LogP contribution is 2.06. The number of pyridine rings is 1.